The van der Waals surface area contributed by atoms with Crippen LogP contribution < -0.4 is 10.9 Å². The molecule has 1 N–H and O–H groups in total. The number of aromatic nitrogens is 2. The monoisotopic (exact) mass is 333 g/mol. The lowest BCUT2D eigenvalue weighted by Gasteiger charge is -2.15. The third-order valence-electron chi connectivity index (χ3n) is 3.92. The summed E-state index contributed by atoms with van der Waals surface area (Å²) in [4.78, 5) is 25.3. The van der Waals surface area contributed by atoms with Crippen molar-refractivity contribution in [2.75, 3.05) is 6.54 Å². The molecule has 5 nitrogen and oxygen atoms in total. The maximum absolute atomic E-state index is 12.7. The van der Waals surface area contributed by atoms with E-state index in [-0.39, 0.29) is 11.5 Å². The molecule has 0 bridgehead atoms. The number of carbonyl (C=O) groups is 1. The van der Waals surface area contributed by atoms with Gasteiger partial charge in [-0.05, 0) is 12.5 Å². The Morgan fingerprint density at radius 3 is 2.12 bits per heavy atom. The summed E-state index contributed by atoms with van der Waals surface area (Å²) in [5.41, 5.74) is 2.50. The van der Waals surface area contributed by atoms with E-state index in [0.29, 0.717) is 17.8 Å². The van der Waals surface area contributed by atoms with E-state index in [2.05, 4.69) is 10.4 Å². The van der Waals surface area contributed by atoms with Crippen molar-refractivity contribution in [3.8, 4) is 22.4 Å². The van der Waals surface area contributed by atoms with Gasteiger partial charge in [-0.3, -0.25) is 9.59 Å². The zero-order valence-corrected chi connectivity index (χ0v) is 14.2. The van der Waals surface area contributed by atoms with E-state index in [4.69, 9.17) is 0 Å². The summed E-state index contributed by atoms with van der Waals surface area (Å²) in [6.45, 7) is 2.27. The summed E-state index contributed by atoms with van der Waals surface area (Å²) >= 11 is 0. The zero-order chi connectivity index (χ0) is 17.8. The van der Waals surface area contributed by atoms with E-state index in [1.165, 1.54) is 4.68 Å². The van der Waals surface area contributed by atoms with E-state index >= 15 is 0 Å². The predicted octanol–water partition coefficient (Wildman–Crippen LogP) is 2.86. The first-order valence-electron chi connectivity index (χ1n) is 8.13. The minimum atomic E-state index is -0.413. The van der Waals surface area contributed by atoms with E-state index in [0.717, 1.165) is 11.1 Å². The Morgan fingerprint density at radius 2 is 1.56 bits per heavy atom. The number of rotatable bonds is 4. The van der Waals surface area contributed by atoms with Crippen LogP contribution >= 0.6 is 0 Å². The second-order valence-corrected chi connectivity index (χ2v) is 5.62. The van der Waals surface area contributed by atoms with Crippen molar-refractivity contribution in [3.05, 3.63) is 76.6 Å². The standard InChI is InChI=1S/C20H19N3O2/c1-3-21-19(24)17-16(14-10-6-4-7-11-14)18(22-23(2)20(17)25)15-12-8-5-9-13-15/h4-13H,3H2,1-2H3,(H,21,24). The molecule has 0 unspecified atom stereocenters. The van der Waals surface area contributed by atoms with Crippen LogP contribution in [0.3, 0.4) is 0 Å². The molecule has 0 spiro atoms. The molecule has 0 radical (unpaired) electrons. The highest BCUT2D eigenvalue weighted by molar-refractivity contribution is 6.03. The number of nitrogens with zero attached hydrogens (tertiary/aromatic N) is 2. The van der Waals surface area contributed by atoms with E-state index in [1.807, 2.05) is 67.6 Å². The summed E-state index contributed by atoms with van der Waals surface area (Å²) < 4.78 is 1.22. The fraction of sp³-hybridized carbons (Fsp3) is 0.150. The number of amides is 1. The molecule has 126 valence electrons. The van der Waals surface area contributed by atoms with Gasteiger partial charge in [-0.15, -0.1) is 0 Å². The van der Waals surface area contributed by atoms with Crippen LogP contribution in [0.2, 0.25) is 0 Å². The van der Waals surface area contributed by atoms with Crippen molar-refractivity contribution < 1.29 is 4.79 Å². The maximum atomic E-state index is 12.7. The Labute approximate surface area is 145 Å². The summed E-state index contributed by atoms with van der Waals surface area (Å²) in [7, 11) is 1.56. The first-order chi connectivity index (χ1) is 12.1. The van der Waals surface area contributed by atoms with Gasteiger partial charge in [0.25, 0.3) is 11.5 Å². The van der Waals surface area contributed by atoms with Crippen LogP contribution in [-0.4, -0.2) is 22.2 Å². The Balaban J connectivity index is 2.40. The summed E-state index contributed by atoms with van der Waals surface area (Å²) in [5.74, 6) is -0.387. The minimum Gasteiger partial charge on any atom is -0.352 e. The third-order valence-corrected chi connectivity index (χ3v) is 3.92. The van der Waals surface area contributed by atoms with Gasteiger partial charge in [-0.25, -0.2) is 4.68 Å². The second-order valence-electron chi connectivity index (χ2n) is 5.62. The fourth-order valence-electron chi connectivity index (χ4n) is 2.78. The van der Waals surface area contributed by atoms with Gasteiger partial charge in [0.05, 0.1) is 5.69 Å². The normalized spacial score (nSPS) is 10.5. The molecular weight excluding hydrogens is 314 g/mol. The average Bonchev–Trinajstić information content (AvgIpc) is 2.65. The molecule has 5 heteroatoms. The first-order valence-corrected chi connectivity index (χ1v) is 8.13. The summed E-state index contributed by atoms with van der Waals surface area (Å²) in [6, 6.07) is 19.0. The van der Waals surface area contributed by atoms with Crippen LogP contribution in [0.15, 0.2) is 65.5 Å². The molecule has 3 aromatic rings. The largest absolute Gasteiger partial charge is 0.352 e. The van der Waals surface area contributed by atoms with Gasteiger partial charge in [0, 0.05) is 24.7 Å². The number of aryl methyl sites for hydroxylation is 1. The third kappa shape index (κ3) is 3.21. The van der Waals surface area contributed by atoms with Gasteiger partial charge in [0.1, 0.15) is 5.56 Å². The Hall–Kier alpha value is -3.21. The fourth-order valence-corrected chi connectivity index (χ4v) is 2.78. The van der Waals surface area contributed by atoms with Crippen LogP contribution in [0, 0.1) is 0 Å². The molecule has 25 heavy (non-hydrogen) atoms. The van der Waals surface area contributed by atoms with Crippen LogP contribution in [0.4, 0.5) is 0 Å². The Bertz CT molecular complexity index is 948. The highest BCUT2D eigenvalue weighted by atomic mass is 16.2. The molecule has 1 amide bonds. The van der Waals surface area contributed by atoms with Gasteiger partial charge in [0.2, 0.25) is 0 Å². The molecule has 0 aliphatic heterocycles. The van der Waals surface area contributed by atoms with Crippen molar-refractivity contribution in [1.82, 2.24) is 15.1 Å². The van der Waals surface area contributed by atoms with Crippen LogP contribution in [0.25, 0.3) is 22.4 Å². The summed E-state index contributed by atoms with van der Waals surface area (Å²) in [5, 5.41) is 7.19. The topological polar surface area (TPSA) is 64.0 Å². The van der Waals surface area contributed by atoms with Crippen molar-refractivity contribution in [3.63, 3.8) is 0 Å². The van der Waals surface area contributed by atoms with Crippen LogP contribution in [0.5, 0.6) is 0 Å². The van der Waals surface area contributed by atoms with E-state index in [1.54, 1.807) is 7.05 Å². The second kappa shape index (κ2) is 7.13. The van der Waals surface area contributed by atoms with Gasteiger partial charge >= 0.3 is 0 Å². The number of hydrogen-bond acceptors (Lipinski definition) is 3. The lowest BCUT2D eigenvalue weighted by atomic mass is 9.95. The van der Waals surface area contributed by atoms with Crippen molar-refractivity contribution >= 4 is 5.91 Å². The number of nitrogens with one attached hydrogen (secondary N) is 1. The SMILES string of the molecule is CCNC(=O)c1c(-c2ccccc2)c(-c2ccccc2)nn(C)c1=O. The van der Waals surface area contributed by atoms with E-state index < -0.39 is 5.56 Å². The molecular formula is C20H19N3O2. The number of carbonyl (C=O) groups excluding carboxylic acids is 1. The van der Waals surface area contributed by atoms with Crippen LogP contribution in [0.1, 0.15) is 17.3 Å². The van der Waals surface area contributed by atoms with Crippen molar-refractivity contribution in [2.45, 2.75) is 6.92 Å². The number of benzene rings is 2. The molecule has 0 aliphatic rings. The maximum Gasteiger partial charge on any atom is 0.280 e. The molecule has 2 aromatic carbocycles. The van der Waals surface area contributed by atoms with Gasteiger partial charge < -0.3 is 5.32 Å². The number of hydrogen-bond donors (Lipinski definition) is 1. The average molecular weight is 333 g/mol. The highest BCUT2D eigenvalue weighted by Gasteiger charge is 2.23. The Morgan fingerprint density at radius 1 is 1.00 bits per heavy atom. The smallest absolute Gasteiger partial charge is 0.280 e. The van der Waals surface area contributed by atoms with Crippen molar-refractivity contribution in [1.29, 1.82) is 0 Å². The van der Waals surface area contributed by atoms with Crippen LogP contribution in [-0.2, 0) is 7.05 Å². The van der Waals surface area contributed by atoms with Crippen molar-refractivity contribution in [2.24, 2.45) is 7.05 Å². The molecule has 0 aliphatic carbocycles. The lowest BCUT2D eigenvalue weighted by Crippen LogP contribution is -2.34. The highest BCUT2D eigenvalue weighted by Crippen LogP contribution is 2.31. The quantitative estimate of drug-likeness (QED) is 0.798. The van der Waals surface area contributed by atoms with Gasteiger partial charge in [-0.1, -0.05) is 60.7 Å². The molecule has 1 aromatic heterocycles. The molecule has 0 atom stereocenters. The molecule has 1 heterocycles. The van der Waals surface area contributed by atoms with Gasteiger partial charge in [-0.2, -0.15) is 5.10 Å². The predicted molar refractivity (Wildman–Crippen MR) is 98.4 cm³/mol. The molecule has 0 saturated carbocycles. The summed E-state index contributed by atoms with van der Waals surface area (Å²) in [6.07, 6.45) is 0. The lowest BCUT2D eigenvalue weighted by molar-refractivity contribution is 0.0954. The zero-order valence-electron chi connectivity index (χ0n) is 14.2. The van der Waals surface area contributed by atoms with E-state index in [9.17, 15) is 9.59 Å². The first kappa shape index (κ1) is 16.6. The molecule has 0 saturated heterocycles. The van der Waals surface area contributed by atoms with Gasteiger partial charge in [0.15, 0.2) is 0 Å². The minimum absolute atomic E-state index is 0.115. The molecule has 3 rings (SSSR count). The Kier molecular flexibility index (Phi) is 4.75. The molecule has 0 fully saturated rings.